The summed E-state index contributed by atoms with van der Waals surface area (Å²) in [6.07, 6.45) is 0.900. The minimum Gasteiger partial charge on any atom is -0.487 e. The zero-order valence-electron chi connectivity index (χ0n) is 13.1. The van der Waals surface area contributed by atoms with Crippen molar-refractivity contribution in [1.82, 2.24) is 5.32 Å². The van der Waals surface area contributed by atoms with Crippen molar-refractivity contribution in [2.45, 2.75) is 26.9 Å². The van der Waals surface area contributed by atoms with E-state index in [1.54, 1.807) is 18.2 Å². The number of nitrogens with two attached hydrogens (primary N) is 1. The topological polar surface area (TPSA) is 64.4 Å². The number of amides is 1. The molecule has 3 N–H and O–H groups in total. The van der Waals surface area contributed by atoms with Crippen LogP contribution in [0.5, 0.6) is 5.75 Å². The Morgan fingerprint density at radius 2 is 2.00 bits per heavy atom. The molecular formula is C18H22N2O2. The van der Waals surface area contributed by atoms with E-state index in [0.29, 0.717) is 30.2 Å². The molecule has 0 heterocycles. The Kier molecular flexibility index (Phi) is 5.42. The zero-order valence-corrected chi connectivity index (χ0v) is 13.1. The van der Waals surface area contributed by atoms with Gasteiger partial charge in [0.25, 0.3) is 5.91 Å². The minimum absolute atomic E-state index is 0.109. The van der Waals surface area contributed by atoms with Gasteiger partial charge in [0, 0.05) is 12.1 Å². The lowest BCUT2D eigenvalue weighted by molar-refractivity contribution is 0.0953. The number of anilines is 1. The van der Waals surface area contributed by atoms with Crippen LogP contribution in [0, 0.1) is 6.92 Å². The average Bonchev–Trinajstić information content (AvgIpc) is 2.53. The van der Waals surface area contributed by atoms with Gasteiger partial charge in [-0.25, -0.2) is 0 Å². The number of benzene rings is 2. The maximum Gasteiger partial charge on any atom is 0.251 e. The van der Waals surface area contributed by atoms with E-state index >= 15 is 0 Å². The number of hydrogen-bond acceptors (Lipinski definition) is 3. The van der Waals surface area contributed by atoms with E-state index < -0.39 is 0 Å². The van der Waals surface area contributed by atoms with Crippen molar-refractivity contribution in [1.29, 1.82) is 0 Å². The summed E-state index contributed by atoms with van der Waals surface area (Å²) in [6, 6.07) is 13.1. The Hall–Kier alpha value is -2.49. The summed E-state index contributed by atoms with van der Waals surface area (Å²) in [5, 5.41) is 2.84. The molecule has 0 bridgehead atoms. The minimum atomic E-state index is -0.109. The highest BCUT2D eigenvalue weighted by molar-refractivity contribution is 5.95. The number of nitrogen functional groups attached to an aromatic ring is 1. The van der Waals surface area contributed by atoms with Gasteiger partial charge in [0.1, 0.15) is 12.4 Å². The van der Waals surface area contributed by atoms with Crippen molar-refractivity contribution in [3.05, 3.63) is 59.2 Å². The van der Waals surface area contributed by atoms with Crippen molar-refractivity contribution >= 4 is 11.6 Å². The fourth-order valence-corrected chi connectivity index (χ4v) is 2.07. The van der Waals surface area contributed by atoms with Gasteiger partial charge in [-0.15, -0.1) is 0 Å². The third-order valence-corrected chi connectivity index (χ3v) is 3.46. The molecule has 4 heteroatoms. The molecule has 0 spiro atoms. The van der Waals surface area contributed by atoms with Crippen LogP contribution in [-0.2, 0) is 6.61 Å². The summed E-state index contributed by atoms with van der Waals surface area (Å²) >= 11 is 0. The normalized spacial score (nSPS) is 10.3. The van der Waals surface area contributed by atoms with Crippen LogP contribution >= 0.6 is 0 Å². The number of ether oxygens (including phenoxy) is 1. The van der Waals surface area contributed by atoms with Gasteiger partial charge in [-0.2, -0.15) is 0 Å². The first-order valence-electron chi connectivity index (χ1n) is 7.47. The summed E-state index contributed by atoms with van der Waals surface area (Å²) in [5.41, 5.74) is 9.29. The number of carbonyl (C=O) groups excluding carboxylic acids is 1. The molecule has 22 heavy (non-hydrogen) atoms. The Labute approximate surface area is 131 Å². The van der Waals surface area contributed by atoms with Gasteiger partial charge in [-0.3, -0.25) is 4.79 Å². The second kappa shape index (κ2) is 7.50. The maximum atomic E-state index is 12.0. The van der Waals surface area contributed by atoms with Crippen LogP contribution in [-0.4, -0.2) is 12.5 Å². The van der Waals surface area contributed by atoms with E-state index in [0.717, 1.165) is 17.5 Å². The molecule has 2 aromatic rings. The van der Waals surface area contributed by atoms with Gasteiger partial charge in [0.05, 0.1) is 5.69 Å². The number of carbonyl (C=O) groups is 1. The van der Waals surface area contributed by atoms with Gasteiger partial charge in [-0.1, -0.05) is 31.2 Å². The monoisotopic (exact) mass is 298 g/mol. The third-order valence-electron chi connectivity index (χ3n) is 3.46. The summed E-state index contributed by atoms with van der Waals surface area (Å²) in [4.78, 5) is 12.0. The molecule has 2 rings (SSSR count). The second-order valence-corrected chi connectivity index (χ2v) is 5.22. The predicted octanol–water partition coefficient (Wildman–Crippen LogP) is 3.30. The average molecular weight is 298 g/mol. The molecule has 0 aliphatic carbocycles. The van der Waals surface area contributed by atoms with Crippen molar-refractivity contribution < 1.29 is 9.53 Å². The molecule has 0 radical (unpaired) electrons. The molecule has 0 aliphatic heterocycles. The first-order chi connectivity index (χ1) is 10.6. The molecule has 0 saturated heterocycles. The van der Waals surface area contributed by atoms with E-state index in [9.17, 15) is 4.79 Å². The molecule has 116 valence electrons. The van der Waals surface area contributed by atoms with Gasteiger partial charge in [-0.05, 0) is 42.7 Å². The highest BCUT2D eigenvalue weighted by Gasteiger charge is 2.09. The number of aryl methyl sites for hydroxylation is 1. The van der Waals surface area contributed by atoms with Crippen LogP contribution in [0.3, 0.4) is 0 Å². The molecule has 0 unspecified atom stereocenters. The first kappa shape index (κ1) is 15.9. The summed E-state index contributed by atoms with van der Waals surface area (Å²) in [6.45, 7) is 5.14. The van der Waals surface area contributed by atoms with Crippen LogP contribution in [0.2, 0.25) is 0 Å². The molecule has 2 aromatic carbocycles. The molecule has 0 saturated carbocycles. The van der Waals surface area contributed by atoms with Gasteiger partial charge < -0.3 is 15.8 Å². The molecule has 0 fully saturated rings. The van der Waals surface area contributed by atoms with E-state index in [2.05, 4.69) is 5.32 Å². The predicted molar refractivity (Wildman–Crippen MR) is 89.0 cm³/mol. The van der Waals surface area contributed by atoms with Gasteiger partial charge in [0.2, 0.25) is 0 Å². The SMILES string of the molecule is CCCNC(=O)c1ccc(N)c(OCc2ccccc2C)c1. The lowest BCUT2D eigenvalue weighted by Crippen LogP contribution is -2.24. The van der Waals surface area contributed by atoms with Crippen LogP contribution in [0.1, 0.15) is 34.8 Å². The van der Waals surface area contributed by atoms with Crippen LogP contribution in [0.4, 0.5) is 5.69 Å². The Bertz CT molecular complexity index is 653. The smallest absolute Gasteiger partial charge is 0.251 e. The lowest BCUT2D eigenvalue weighted by Gasteiger charge is -2.12. The molecular weight excluding hydrogens is 276 g/mol. The second-order valence-electron chi connectivity index (χ2n) is 5.22. The Balaban J connectivity index is 2.10. The highest BCUT2D eigenvalue weighted by Crippen LogP contribution is 2.24. The van der Waals surface area contributed by atoms with E-state index in [1.165, 1.54) is 0 Å². The van der Waals surface area contributed by atoms with Gasteiger partial charge >= 0.3 is 0 Å². The molecule has 1 amide bonds. The summed E-state index contributed by atoms with van der Waals surface area (Å²) in [5.74, 6) is 0.426. The molecule has 4 nitrogen and oxygen atoms in total. The number of rotatable bonds is 6. The van der Waals surface area contributed by atoms with Gasteiger partial charge in [0.15, 0.2) is 0 Å². The Morgan fingerprint density at radius 1 is 1.23 bits per heavy atom. The largest absolute Gasteiger partial charge is 0.487 e. The Morgan fingerprint density at radius 3 is 2.73 bits per heavy atom. The first-order valence-corrected chi connectivity index (χ1v) is 7.47. The lowest BCUT2D eigenvalue weighted by atomic mass is 10.1. The molecule has 0 atom stereocenters. The van der Waals surface area contributed by atoms with Crippen molar-refractivity contribution in [2.24, 2.45) is 0 Å². The van der Waals surface area contributed by atoms with Crippen molar-refractivity contribution in [2.75, 3.05) is 12.3 Å². The zero-order chi connectivity index (χ0) is 15.9. The van der Waals surface area contributed by atoms with Crippen LogP contribution in [0.25, 0.3) is 0 Å². The number of hydrogen-bond donors (Lipinski definition) is 2. The fourth-order valence-electron chi connectivity index (χ4n) is 2.07. The van der Waals surface area contributed by atoms with Crippen LogP contribution < -0.4 is 15.8 Å². The quantitative estimate of drug-likeness (QED) is 0.804. The fraction of sp³-hybridized carbons (Fsp3) is 0.278. The van der Waals surface area contributed by atoms with E-state index in [-0.39, 0.29) is 5.91 Å². The van der Waals surface area contributed by atoms with Crippen molar-refractivity contribution in [3.8, 4) is 5.75 Å². The highest BCUT2D eigenvalue weighted by atomic mass is 16.5. The molecule has 0 aromatic heterocycles. The van der Waals surface area contributed by atoms with E-state index in [1.807, 2.05) is 38.1 Å². The van der Waals surface area contributed by atoms with Crippen LogP contribution in [0.15, 0.2) is 42.5 Å². The van der Waals surface area contributed by atoms with E-state index in [4.69, 9.17) is 10.5 Å². The summed E-state index contributed by atoms with van der Waals surface area (Å²) in [7, 11) is 0. The van der Waals surface area contributed by atoms with Crippen molar-refractivity contribution in [3.63, 3.8) is 0 Å². The summed E-state index contributed by atoms with van der Waals surface area (Å²) < 4.78 is 5.79. The number of nitrogens with one attached hydrogen (secondary N) is 1. The maximum absolute atomic E-state index is 12.0. The third kappa shape index (κ3) is 4.01. The standard InChI is InChI=1S/C18H22N2O2/c1-3-10-20-18(21)14-8-9-16(19)17(11-14)22-12-15-7-5-4-6-13(15)2/h4-9,11H,3,10,12,19H2,1-2H3,(H,20,21). The molecule has 0 aliphatic rings.